The Morgan fingerprint density at radius 1 is 0.500 bits per heavy atom. The van der Waals surface area contributed by atoms with Crippen LogP contribution in [0.25, 0.3) is 21.5 Å². The van der Waals surface area contributed by atoms with Crippen molar-refractivity contribution in [2.24, 2.45) is 0 Å². The minimum atomic E-state index is -4.56. The van der Waals surface area contributed by atoms with E-state index in [0.29, 0.717) is 22.5 Å². The maximum absolute atomic E-state index is 13.0. The van der Waals surface area contributed by atoms with Gasteiger partial charge in [-0.1, -0.05) is 48.5 Å². The predicted molar refractivity (Wildman–Crippen MR) is 200 cm³/mol. The van der Waals surface area contributed by atoms with E-state index in [1.165, 1.54) is 84.9 Å². The van der Waals surface area contributed by atoms with Gasteiger partial charge in [0.15, 0.2) is 0 Å². The number of fused-ring (bicyclic) bond motifs is 2. The Bertz CT molecular complexity index is 2600. The lowest BCUT2D eigenvalue weighted by molar-refractivity contribution is 0.0944. The maximum Gasteiger partial charge on any atom is 0.328 e. The molecule has 0 aliphatic heterocycles. The summed E-state index contributed by atoms with van der Waals surface area (Å²) in [5.41, 5.74) is 2.34. The number of amides is 4. The molecule has 8 N–H and O–H groups in total. The number of carbonyl (C=O) groups excluding carboxylic acids is 3. The second-order valence-corrected chi connectivity index (χ2v) is 14.9. The Labute approximate surface area is 307 Å². The first-order chi connectivity index (χ1) is 25.4. The fraction of sp³-hybridized carbons (Fsp3) is 0.0541. The second-order valence-electron chi connectivity index (χ2n) is 12.1. The fourth-order valence-electron chi connectivity index (χ4n) is 5.75. The molecule has 0 aliphatic rings. The van der Waals surface area contributed by atoms with E-state index in [-0.39, 0.29) is 65.3 Å². The van der Waals surface area contributed by atoms with Crippen LogP contribution in [0.3, 0.4) is 0 Å². The van der Waals surface area contributed by atoms with Crippen molar-refractivity contribution in [1.82, 2.24) is 10.6 Å². The normalized spacial score (nSPS) is 11.6. The number of hydrogen-bond donors (Lipinski definition) is 8. The Hall–Kier alpha value is -6.53. The highest BCUT2D eigenvalue weighted by Gasteiger charge is 2.20. The van der Waals surface area contributed by atoms with Gasteiger partial charge in [-0.25, -0.2) is 4.79 Å². The van der Waals surface area contributed by atoms with Crippen molar-refractivity contribution < 1.29 is 50.5 Å². The number of imide groups is 2. The van der Waals surface area contributed by atoms with E-state index >= 15 is 0 Å². The number of rotatable bonds is 8. The lowest BCUT2D eigenvalue weighted by Gasteiger charge is -2.15. The minimum absolute atomic E-state index is 0.0142. The summed E-state index contributed by atoms with van der Waals surface area (Å²) in [6, 6.07) is 21.4. The number of aryl methyl sites for hydroxylation is 2. The highest BCUT2D eigenvalue weighted by Crippen LogP contribution is 2.39. The molecule has 17 heteroatoms. The highest BCUT2D eigenvalue weighted by molar-refractivity contribution is 7.86. The molecule has 6 rings (SSSR count). The van der Waals surface area contributed by atoms with Gasteiger partial charge in [-0.05, 0) is 73.5 Å². The molecular formula is C37H30N4O11S2. The first kappa shape index (κ1) is 37.2. The molecule has 54 heavy (non-hydrogen) atoms. The number of carbonyl (C=O) groups is 3. The van der Waals surface area contributed by atoms with Crippen molar-refractivity contribution in [2.45, 2.75) is 23.6 Å². The molecule has 0 radical (unpaired) electrons. The lowest BCUT2D eigenvalue weighted by atomic mass is 10.1. The van der Waals surface area contributed by atoms with Crippen LogP contribution >= 0.6 is 0 Å². The molecule has 6 aromatic rings. The zero-order valence-corrected chi connectivity index (χ0v) is 29.8. The average Bonchev–Trinajstić information content (AvgIpc) is 3.11. The third kappa shape index (κ3) is 7.50. The third-order valence-corrected chi connectivity index (χ3v) is 10.4. The summed E-state index contributed by atoms with van der Waals surface area (Å²) in [4.78, 5) is 38.1. The van der Waals surface area contributed by atoms with Gasteiger partial charge < -0.3 is 20.8 Å². The van der Waals surface area contributed by atoms with Gasteiger partial charge in [0, 0.05) is 44.0 Å². The summed E-state index contributed by atoms with van der Waals surface area (Å²) >= 11 is 0. The van der Waals surface area contributed by atoms with Crippen LogP contribution in [-0.2, 0) is 20.2 Å². The first-order valence-electron chi connectivity index (χ1n) is 15.8. The minimum Gasteiger partial charge on any atom is -0.505 e. The highest BCUT2D eigenvalue weighted by atomic mass is 32.2. The van der Waals surface area contributed by atoms with Crippen molar-refractivity contribution in [1.29, 1.82) is 0 Å². The standard InChI is InChI=1S/C37H30N4O11S2/c1-19-9-11-21(17-29(19)38-27-15-13-23-25(33(27)42)5-3-7-31(23)53(47,48)49)35(44)40-37(46)41-36(45)22-12-10-20(2)30(18-22)39-28-16-14-24-26(34(28)43)6-4-8-32(24)54(50,51)52/h3-18,38-39,42-43H,1-2H3,(H,47,48,49)(H,50,51,52)(H2,40,41,44,45,46). The van der Waals surface area contributed by atoms with Gasteiger partial charge in [0.1, 0.15) is 21.3 Å². The van der Waals surface area contributed by atoms with E-state index in [4.69, 9.17) is 0 Å². The van der Waals surface area contributed by atoms with Crippen molar-refractivity contribution in [3.63, 3.8) is 0 Å². The molecule has 4 amide bonds. The fourth-order valence-corrected chi connectivity index (χ4v) is 7.16. The second kappa shape index (κ2) is 14.1. The van der Waals surface area contributed by atoms with Gasteiger partial charge >= 0.3 is 6.03 Å². The molecule has 0 atom stereocenters. The number of benzene rings is 6. The van der Waals surface area contributed by atoms with E-state index in [9.17, 15) is 50.5 Å². The summed E-state index contributed by atoms with van der Waals surface area (Å²) in [6.45, 7) is 3.44. The molecule has 0 unspecified atom stereocenters. The van der Waals surface area contributed by atoms with E-state index in [0.717, 1.165) is 0 Å². The summed E-state index contributed by atoms with van der Waals surface area (Å²) in [5, 5.41) is 32.5. The van der Waals surface area contributed by atoms with E-state index in [2.05, 4.69) is 21.3 Å². The summed E-state index contributed by atoms with van der Waals surface area (Å²) in [7, 11) is -9.12. The molecule has 0 bridgehead atoms. The molecule has 15 nitrogen and oxygen atoms in total. The number of phenols is 2. The number of phenolic OH excluding ortho intramolecular Hbond substituents is 2. The van der Waals surface area contributed by atoms with Gasteiger partial charge in [-0.15, -0.1) is 0 Å². The van der Waals surface area contributed by atoms with E-state index < -0.39 is 38.1 Å². The third-order valence-electron chi connectivity index (χ3n) is 8.53. The van der Waals surface area contributed by atoms with Crippen LogP contribution in [-0.4, -0.2) is 54.0 Å². The summed E-state index contributed by atoms with van der Waals surface area (Å²) in [6.07, 6.45) is 0. The van der Waals surface area contributed by atoms with Crippen LogP contribution in [0.15, 0.2) is 107 Å². The quantitative estimate of drug-likeness (QED) is 0.0628. The van der Waals surface area contributed by atoms with Crippen LogP contribution in [0.1, 0.15) is 31.8 Å². The number of anilines is 4. The van der Waals surface area contributed by atoms with Gasteiger partial charge in [-0.3, -0.25) is 29.3 Å². The SMILES string of the molecule is Cc1ccc(C(=O)NC(=O)NC(=O)c2ccc(C)c(Nc3ccc4c(S(=O)(=O)O)cccc4c3O)c2)cc1Nc1ccc2c(S(=O)(=O)O)cccc2c1O. The molecule has 0 saturated heterocycles. The molecule has 0 saturated carbocycles. The van der Waals surface area contributed by atoms with Crippen LogP contribution < -0.4 is 21.3 Å². The summed E-state index contributed by atoms with van der Waals surface area (Å²) in [5.74, 6) is -2.36. The van der Waals surface area contributed by atoms with Crippen molar-refractivity contribution in [2.75, 3.05) is 10.6 Å². The molecule has 276 valence electrons. The van der Waals surface area contributed by atoms with Gasteiger partial charge in [0.2, 0.25) is 0 Å². The van der Waals surface area contributed by atoms with Gasteiger partial charge in [0.25, 0.3) is 32.1 Å². The first-order valence-corrected chi connectivity index (χ1v) is 18.7. The van der Waals surface area contributed by atoms with Crippen LogP contribution in [0.2, 0.25) is 0 Å². The molecule has 6 aromatic carbocycles. The Balaban J connectivity index is 1.15. The molecular weight excluding hydrogens is 741 g/mol. The lowest BCUT2D eigenvalue weighted by Crippen LogP contribution is -2.42. The largest absolute Gasteiger partial charge is 0.505 e. The smallest absolute Gasteiger partial charge is 0.328 e. The maximum atomic E-state index is 13.0. The molecule has 0 heterocycles. The van der Waals surface area contributed by atoms with Crippen LogP contribution in [0.4, 0.5) is 27.5 Å². The number of nitrogens with one attached hydrogen (secondary N) is 4. The molecule has 0 aliphatic carbocycles. The monoisotopic (exact) mass is 770 g/mol. The number of urea groups is 1. The number of aromatic hydroxyl groups is 2. The van der Waals surface area contributed by atoms with Crippen molar-refractivity contribution in [3.05, 3.63) is 119 Å². The van der Waals surface area contributed by atoms with Crippen LogP contribution in [0, 0.1) is 13.8 Å². The van der Waals surface area contributed by atoms with Crippen LogP contribution in [0.5, 0.6) is 11.5 Å². The molecule has 0 fully saturated rings. The summed E-state index contributed by atoms with van der Waals surface area (Å²) < 4.78 is 66.3. The molecule has 0 aromatic heterocycles. The zero-order chi connectivity index (χ0) is 39.1. The van der Waals surface area contributed by atoms with E-state index in [1.54, 1.807) is 26.0 Å². The average molecular weight is 771 g/mol. The number of hydrogen-bond acceptors (Lipinski definition) is 11. The molecule has 0 spiro atoms. The van der Waals surface area contributed by atoms with E-state index in [1.807, 2.05) is 0 Å². The zero-order valence-electron chi connectivity index (χ0n) is 28.2. The Morgan fingerprint density at radius 2 is 0.889 bits per heavy atom. The van der Waals surface area contributed by atoms with Gasteiger partial charge in [0.05, 0.1) is 11.4 Å². The van der Waals surface area contributed by atoms with Crippen molar-refractivity contribution >= 4 is 82.4 Å². The van der Waals surface area contributed by atoms with Gasteiger partial charge in [-0.2, -0.15) is 16.8 Å². The van der Waals surface area contributed by atoms with Crippen molar-refractivity contribution in [3.8, 4) is 11.5 Å². The Kier molecular flexibility index (Phi) is 9.74. The topological polar surface area (TPSA) is 249 Å². The predicted octanol–water partition coefficient (Wildman–Crippen LogP) is 6.28. The Morgan fingerprint density at radius 3 is 1.26 bits per heavy atom.